The fraction of sp³-hybridized carbons (Fsp3) is 0.545. The fourth-order valence-corrected chi connectivity index (χ4v) is 2.09. The zero-order chi connectivity index (χ0) is 11.1. The Hall–Kier alpha value is -1.25. The predicted molar refractivity (Wildman–Crippen MR) is 55.9 cm³/mol. The highest BCUT2D eigenvalue weighted by Crippen LogP contribution is 2.30. The van der Waals surface area contributed by atoms with Gasteiger partial charge in [-0.25, -0.2) is 4.79 Å². The summed E-state index contributed by atoms with van der Waals surface area (Å²) in [6.45, 7) is 10.0. The third-order valence-electron chi connectivity index (χ3n) is 2.40. The number of aromatic nitrogens is 1. The van der Waals surface area contributed by atoms with E-state index in [1.165, 1.54) is 0 Å². The van der Waals surface area contributed by atoms with E-state index < -0.39 is 5.97 Å². The van der Waals surface area contributed by atoms with Gasteiger partial charge in [0.05, 0.1) is 0 Å². The molecule has 3 nitrogen and oxygen atoms in total. The molecule has 14 heavy (non-hydrogen) atoms. The summed E-state index contributed by atoms with van der Waals surface area (Å²) in [6.07, 6.45) is 0. The second-order valence-corrected chi connectivity index (χ2v) is 4.68. The molecule has 3 heteroatoms. The van der Waals surface area contributed by atoms with Crippen LogP contribution in [0.1, 0.15) is 48.1 Å². The summed E-state index contributed by atoms with van der Waals surface area (Å²) in [7, 11) is 0. The quantitative estimate of drug-likeness (QED) is 0.723. The van der Waals surface area contributed by atoms with Crippen LogP contribution in [0.3, 0.4) is 0 Å². The summed E-state index contributed by atoms with van der Waals surface area (Å²) in [5, 5.41) is 8.94. The number of nitrogens with one attached hydrogen (secondary N) is 1. The molecule has 0 bridgehead atoms. The van der Waals surface area contributed by atoms with Crippen LogP contribution in [-0.2, 0) is 5.41 Å². The lowest BCUT2D eigenvalue weighted by molar-refractivity contribution is 0.0690. The monoisotopic (exact) mass is 195 g/mol. The van der Waals surface area contributed by atoms with Gasteiger partial charge in [-0.2, -0.15) is 0 Å². The average Bonchev–Trinajstić information content (AvgIpc) is 2.24. The first-order chi connectivity index (χ1) is 6.25. The normalized spacial score (nSPS) is 11.8. The summed E-state index contributed by atoms with van der Waals surface area (Å²) in [4.78, 5) is 13.8. The summed E-state index contributed by atoms with van der Waals surface area (Å²) >= 11 is 0. The zero-order valence-electron chi connectivity index (χ0n) is 9.36. The number of carbonyl (C=O) groups is 1. The molecule has 0 aromatic carbocycles. The van der Waals surface area contributed by atoms with Gasteiger partial charge < -0.3 is 10.1 Å². The predicted octanol–water partition coefficient (Wildman–Crippen LogP) is 2.63. The number of aromatic amines is 1. The highest BCUT2D eigenvalue weighted by atomic mass is 16.4. The minimum Gasteiger partial charge on any atom is -0.477 e. The maximum Gasteiger partial charge on any atom is 0.352 e. The van der Waals surface area contributed by atoms with Gasteiger partial charge in [0.25, 0.3) is 0 Å². The van der Waals surface area contributed by atoms with Crippen LogP contribution in [0.5, 0.6) is 0 Å². The largest absolute Gasteiger partial charge is 0.477 e. The van der Waals surface area contributed by atoms with Crippen LogP contribution < -0.4 is 0 Å². The number of H-pyrrole nitrogens is 1. The number of carboxylic acid groups (broad SMARTS) is 1. The van der Waals surface area contributed by atoms with Crippen molar-refractivity contribution in [3.8, 4) is 0 Å². The highest BCUT2D eigenvalue weighted by molar-refractivity contribution is 5.88. The molecule has 2 N–H and O–H groups in total. The number of aryl methyl sites for hydroxylation is 1. The number of hydrogen-bond donors (Lipinski definition) is 2. The van der Waals surface area contributed by atoms with Crippen molar-refractivity contribution < 1.29 is 9.90 Å². The number of carboxylic acids is 1. The topological polar surface area (TPSA) is 53.1 Å². The van der Waals surface area contributed by atoms with Gasteiger partial charge in [0, 0.05) is 5.69 Å². The minimum absolute atomic E-state index is 0.0155. The van der Waals surface area contributed by atoms with Crippen LogP contribution in [0.15, 0.2) is 0 Å². The molecule has 0 fully saturated rings. The summed E-state index contributed by atoms with van der Waals surface area (Å²) in [6, 6.07) is 0. The van der Waals surface area contributed by atoms with Crippen molar-refractivity contribution in [1.29, 1.82) is 0 Å². The Bertz CT molecular complexity index is 369. The molecule has 0 radical (unpaired) electrons. The Morgan fingerprint density at radius 1 is 1.29 bits per heavy atom. The molecule has 1 heterocycles. The maximum absolute atomic E-state index is 10.9. The van der Waals surface area contributed by atoms with Crippen LogP contribution in [-0.4, -0.2) is 16.1 Å². The Labute approximate surface area is 84.2 Å². The third-order valence-corrected chi connectivity index (χ3v) is 2.40. The number of rotatable bonds is 1. The lowest BCUT2D eigenvalue weighted by Crippen LogP contribution is -2.13. The van der Waals surface area contributed by atoms with E-state index in [2.05, 4.69) is 25.8 Å². The Kier molecular flexibility index (Phi) is 2.44. The standard InChI is InChI=1S/C11H17NO2/c1-6-8(11(3,4)5)7(2)12-9(6)10(13)14/h12H,1-5H3,(H,13,14). The summed E-state index contributed by atoms with van der Waals surface area (Å²) < 4.78 is 0. The van der Waals surface area contributed by atoms with Gasteiger partial charge in [-0.15, -0.1) is 0 Å². The minimum atomic E-state index is -0.888. The van der Waals surface area contributed by atoms with Crippen molar-refractivity contribution in [2.75, 3.05) is 0 Å². The maximum atomic E-state index is 10.9. The first-order valence-corrected chi connectivity index (χ1v) is 4.68. The van der Waals surface area contributed by atoms with E-state index in [0.717, 1.165) is 16.8 Å². The van der Waals surface area contributed by atoms with E-state index in [4.69, 9.17) is 5.11 Å². The van der Waals surface area contributed by atoms with Crippen molar-refractivity contribution in [3.63, 3.8) is 0 Å². The highest BCUT2D eigenvalue weighted by Gasteiger charge is 2.24. The molecular formula is C11H17NO2. The van der Waals surface area contributed by atoms with Crippen LogP contribution in [0.2, 0.25) is 0 Å². The van der Waals surface area contributed by atoms with Crippen molar-refractivity contribution in [2.24, 2.45) is 0 Å². The van der Waals surface area contributed by atoms with E-state index in [0.29, 0.717) is 5.69 Å². The first kappa shape index (κ1) is 10.8. The Morgan fingerprint density at radius 3 is 2.00 bits per heavy atom. The Balaban J connectivity index is 3.40. The van der Waals surface area contributed by atoms with Crippen LogP contribution in [0.25, 0.3) is 0 Å². The molecule has 0 saturated heterocycles. The average molecular weight is 195 g/mol. The molecule has 0 unspecified atom stereocenters. The fourth-order valence-electron chi connectivity index (χ4n) is 2.09. The van der Waals surface area contributed by atoms with Gasteiger partial charge in [-0.1, -0.05) is 20.8 Å². The SMILES string of the molecule is Cc1[nH]c(C(=O)O)c(C)c1C(C)(C)C. The van der Waals surface area contributed by atoms with E-state index in [1.54, 1.807) is 0 Å². The van der Waals surface area contributed by atoms with Crippen molar-refractivity contribution in [3.05, 3.63) is 22.5 Å². The summed E-state index contributed by atoms with van der Waals surface area (Å²) in [5.41, 5.74) is 3.20. The van der Waals surface area contributed by atoms with Crippen molar-refractivity contribution in [2.45, 2.75) is 40.0 Å². The molecule has 1 rings (SSSR count). The number of aromatic carboxylic acids is 1. The van der Waals surface area contributed by atoms with E-state index in [-0.39, 0.29) is 5.41 Å². The Morgan fingerprint density at radius 2 is 1.79 bits per heavy atom. The van der Waals surface area contributed by atoms with E-state index in [1.807, 2.05) is 13.8 Å². The number of hydrogen-bond acceptors (Lipinski definition) is 1. The molecular weight excluding hydrogens is 178 g/mol. The lowest BCUT2D eigenvalue weighted by Gasteiger charge is -2.19. The molecule has 0 atom stereocenters. The molecule has 0 amide bonds. The summed E-state index contributed by atoms with van der Waals surface area (Å²) in [5.74, 6) is -0.888. The third kappa shape index (κ3) is 1.67. The molecule has 1 aromatic heterocycles. The second-order valence-electron chi connectivity index (χ2n) is 4.68. The van der Waals surface area contributed by atoms with Crippen LogP contribution >= 0.6 is 0 Å². The van der Waals surface area contributed by atoms with Crippen molar-refractivity contribution in [1.82, 2.24) is 4.98 Å². The van der Waals surface area contributed by atoms with E-state index >= 15 is 0 Å². The molecule has 0 aliphatic heterocycles. The van der Waals surface area contributed by atoms with Gasteiger partial charge >= 0.3 is 5.97 Å². The van der Waals surface area contributed by atoms with Gasteiger partial charge in [-0.3, -0.25) is 0 Å². The smallest absolute Gasteiger partial charge is 0.352 e. The second kappa shape index (κ2) is 3.15. The van der Waals surface area contributed by atoms with Crippen LogP contribution in [0, 0.1) is 13.8 Å². The van der Waals surface area contributed by atoms with Crippen LogP contribution in [0.4, 0.5) is 0 Å². The molecule has 0 aliphatic rings. The molecule has 1 aromatic rings. The lowest BCUT2D eigenvalue weighted by atomic mass is 9.84. The van der Waals surface area contributed by atoms with Crippen molar-refractivity contribution >= 4 is 5.97 Å². The molecule has 0 aliphatic carbocycles. The van der Waals surface area contributed by atoms with Gasteiger partial charge in [0.1, 0.15) is 5.69 Å². The van der Waals surface area contributed by atoms with Gasteiger partial charge in [0.15, 0.2) is 0 Å². The van der Waals surface area contributed by atoms with E-state index in [9.17, 15) is 4.79 Å². The van der Waals surface area contributed by atoms with Gasteiger partial charge in [0.2, 0.25) is 0 Å². The molecule has 0 spiro atoms. The van der Waals surface area contributed by atoms with Gasteiger partial charge in [-0.05, 0) is 30.4 Å². The zero-order valence-corrected chi connectivity index (χ0v) is 9.36. The first-order valence-electron chi connectivity index (χ1n) is 4.68. The molecule has 78 valence electrons. The molecule has 0 saturated carbocycles.